The van der Waals surface area contributed by atoms with Crippen LogP contribution in [0.5, 0.6) is 0 Å². The lowest BCUT2D eigenvalue weighted by Gasteiger charge is -1.97. The maximum atomic E-state index is 10.3. The van der Waals surface area contributed by atoms with Crippen molar-refractivity contribution < 1.29 is 14.8 Å². The number of non-ortho nitro benzene ring substituents is 1. The number of hydrogen-bond acceptors (Lipinski definition) is 5. The van der Waals surface area contributed by atoms with Crippen molar-refractivity contribution in [3.8, 4) is 0 Å². The highest BCUT2D eigenvalue weighted by Crippen LogP contribution is 2.14. The Labute approximate surface area is 110 Å². The van der Waals surface area contributed by atoms with E-state index in [2.05, 4.69) is 0 Å². The van der Waals surface area contributed by atoms with Crippen LogP contribution >= 0.6 is 0 Å². The van der Waals surface area contributed by atoms with Crippen molar-refractivity contribution >= 4 is 11.7 Å². The van der Waals surface area contributed by atoms with Crippen molar-refractivity contribution in [1.82, 2.24) is 0 Å². The maximum Gasteiger partial charge on any atom is 0.335 e. The van der Waals surface area contributed by atoms with E-state index in [1.54, 1.807) is 0 Å². The van der Waals surface area contributed by atoms with Gasteiger partial charge in [-0.15, -0.1) is 0 Å². The van der Waals surface area contributed by atoms with Crippen LogP contribution in [-0.4, -0.2) is 28.1 Å². The molecule has 0 saturated heterocycles. The van der Waals surface area contributed by atoms with Gasteiger partial charge in [0.25, 0.3) is 5.69 Å². The molecule has 19 heavy (non-hydrogen) atoms. The third kappa shape index (κ3) is 5.02. The Hall–Kier alpha value is -1.99. The zero-order valence-electron chi connectivity index (χ0n) is 10.4. The average molecular weight is 267 g/mol. The van der Waals surface area contributed by atoms with Gasteiger partial charge < -0.3 is 16.6 Å². The largest absolute Gasteiger partial charge is 0.478 e. The lowest BCUT2D eigenvalue weighted by atomic mass is 10.2. The van der Waals surface area contributed by atoms with Gasteiger partial charge in [0.05, 0.1) is 10.5 Å². The predicted octanol–water partition coefficient (Wildman–Crippen LogP) is 1.12. The highest BCUT2D eigenvalue weighted by atomic mass is 16.6. The second kappa shape index (κ2) is 6.81. The molecule has 2 atom stereocenters. The summed E-state index contributed by atoms with van der Waals surface area (Å²) < 4.78 is 0. The molecule has 0 bridgehead atoms. The number of nitrogens with zero attached hydrogens (tertiary/aromatic N) is 1. The highest BCUT2D eigenvalue weighted by Gasteiger charge is 2.16. The van der Waals surface area contributed by atoms with Gasteiger partial charge in [-0.1, -0.05) is 0 Å². The minimum Gasteiger partial charge on any atom is -0.478 e. The first-order valence-electron chi connectivity index (χ1n) is 5.89. The van der Waals surface area contributed by atoms with Crippen molar-refractivity contribution in [1.29, 1.82) is 0 Å². The van der Waals surface area contributed by atoms with Gasteiger partial charge >= 0.3 is 5.97 Å². The third-order valence-corrected chi connectivity index (χ3v) is 2.84. The van der Waals surface area contributed by atoms with E-state index in [9.17, 15) is 14.9 Å². The molecular formula is C12H17N3O4. The summed E-state index contributed by atoms with van der Waals surface area (Å²) in [5.41, 5.74) is 11.0. The van der Waals surface area contributed by atoms with Crippen LogP contribution in [0.4, 0.5) is 5.69 Å². The van der Waals surface area contributed by atoms with E-state index in [1.807, 2.05) is 0 Å². The Balaban J connectivity index is 0.000000218. The first-order chi connectivity index (χ1) is 8.90. The lowest BCUT2D eigenvalue weighted by molar-refractivity contribution is -0.384. The van der Waals surface area contributed by atoms with Crippen molar-refractivity contribution in [3.05, 3.63) is 39.9 Å². The van der Waals surface area contributed by atoms with Crippen molar-refractivity contribution in [2.75, 3.05) is 0 Å². The third-order valence-electron chi connectivity index (χ3n) is 2.84. The molecule has 0 aromatic heterocycles. The summed E-state index contributed by atoms with van der Waals surface area (Å²) in [4.78, 5) is 19.9. The Kier molecular flexibility index (Phi) is 5.40. The van der Waals surface area contributed by atoms with Crippen LogP contribution in [0.15, 0.2) is 24.3 Å². The molecule has 0 amide bonds. The van der Waals surface area contributed by atoms with Crippen LogP contribution < -0.4 is 11.5 Å². The molecule has 7 heteroatoms. The SMILES string of the molecule is N[C@@H]1CC[C@H](N)C1.O=C(O)c1ccc([N+](=O)[O-])cc1. The zero-order valence-corrected chi connectivity index (χ0v) is 10.4. The molecule has 0 heterocycles. The van der Waals surface area contributed by atoms with Crippen LogP contribution in [0.25, 0.3) is 0 Å². The van der Waals surface area contributed by atoms with Crippen LogP contribution in [-0.2, 0) is 0 Å². The number of carboxylic acid groups (broad SMARTS) is 1. The molecule has 1 aliphatic carbocycles. The van der Waals surface area contributed by atoms with Crippen molar-refractivity contribution in [2.24, 2.45) is 11.5 Å². The Morgan fingerprint density at radius 1 is 1.21 bits per heavy atom. The van der Waals surface area contributed by atoms with Crippen molar-refractivity contribution in [3.63, 3.8) is 0 Å². The number of hydrogen-bond donors (Lipinski definition) is 3. The second-order valence-corrected chi connectivity index (χ2v) is 4.44. The predicted molar refractivity (Wildman–Crippen MR) is 69.9 cm³/mol. The number of rotatable bonds is 2. The summed E-state index contributed by atoms with van der Waals surface area (Å²) in [6.07, 6.45) is 3.28. The Morgan fingerprint density at radius 2 is 1.68 bits per heavy atom. The summed E-state index contributed by atoms with van der Waals surface area (Å²) in [6, 6.07) is 5.50. The second-order valence-electron chi connectivity index (χ2n) is 4.44. The molecule has 5 N–H and O–H groups in total. The van der Waals surface area contributed by atoms with Gasteiger partial charge in [-0.2, -0.15) is 0 Å². The minimum absolute atomic E-state index is 0.0422. The first-order valence-corrected chi connectivity index (χ1v) is 5.89. The summed E-state index contributed by atoms with van der Waals surface area (Å²) in [5.74, 6) is -1.09. The molecular weight excluding hydrogens is 250 g/mol. The molecule has 0 radical (unpaired) electrons. The number of nitrogens with two attached hydrogens (primary N) is 2. The maximum absolute atomic E-state index is 10.3. The van der Waals surface area contributed by atoms with Crippen molar-refractivity contribution in [2.45, 2.75) is 31.3 Å². The number of nitro groups is 1. The van der Waals surface area contributed by atoms with E-state index in [0.717, 1.165) is 31.4 Å². The lowest BCUT2D eigenvalue weighted by Crippen LogP contribution is -2.20. The Morgan fingerprint density at radius 3 is 1.95 bits per heavy atom. The molecule has 1 saturated carbocycles. The van der Waals surface area contributed by atoms with Gasteiger partial charge in [0.2, 0.25) is 0 Å². The number of aromatic carboxylic acids is 1. The van der Waals surface area contributed by atoms with Crippen LogP contribution in [0.2, 0.25) is 0 Å². The van der Waals surface area contributed by atoms with E-state index in [4.69, 9.17) is 16.6 Å². The van der Waals surface area contributed by atoms with Crippen LogP contribution in [0.3, 0.4) is 0 Å². The first kappa shape index (κ1) is 15.1. The summed E-state index contributed by atoms with van der Waals surface area (Å²) in [5, 5.41) is 18.6. The number of carboxylic acids is 1. The monoisotopic (exact) mass is 267 g/mol. The van der Waals surface area contributed by atoms with Crippen LogP contribution in [0, 0.1) is 10.1 Å². The van der Waals surface area contributed by atoms with E-state index in [1.165, 1.54) is 12.1 Å². The van der Waals surface area contributed by atoms with E-state index < -0.39 is 10.9 Å². The van der Waals surface area contributed by atoms with E-state index in [-0.39, 0.29) is 11.3 Å². The van der Waals surface area contributed by atoms with Crippen LogP contribution in [0.1, 0.15) is 29.6 Å². The van der Waals surface area contributed by atoms with Gasteiger partial charge in [0.15, 0.2) is 0 Å². The molecule has 1 aromatic carbocycles. The molecule has 2 rings (SSSR count). The summed E-state index contributed by atoms with van der Waals surface area (Å²) >= 11 is 0. The minimum atomic E-state index is -1.09. The summed E-state index contributed by atoms with van der Waals surface area (Å²) in [7, 11) is 0. The number of carbonyl (C=O) groups is 1. The molecule has 7 nitrogen and oxygen atoms in total. The fourth-order valence-corrected chi connectivity index (χ4v) is 1.78. The van der Waals surface area contributed by atoms with Gasteiger partial charge in [-0.25, -0.2) is 4.79 Å². The van der Waals surface area contributed by atoms with E-state index in [0.29, 0.717) is 12.1 Å². The molecule has 1 aromatic rings. The van der Waals surface area contributed by atoms with Gasteiger partial charge in [-0.05, 0) is 31.4 Å². The number of benzene rings is 1. The van der Waals surface area contributed by atoms with Gasteiger partial charge in [0.1, 0.15) is 0 Å². The number of nitro benzene ring substituents is 1. The summed E-state index contributed by atoms with van der Waals surface area (Å²) in [6.45, 7) is 0. The van der Waals surface area contributed by atoms with Gasteiger partial charge in [-0.3, -0.25) is 10.1 Å². The standard InChI is InChI=1S/C7H5NO4.C5H12N2/c9-7(10)5-1-3-6(4-2-5)8(11)12;6-4-1-2-5(7)3-4/h1-4H,(H,9,10);4-5H,1-3,6-7H2/t;4-,5+. The molecule has 1 aliphatic rings. The van der Waals surface area contributed by atoms with E-state index >= 15 is 0 Å². The van der Waals surface area contributed by atoms with Gasteiger partial charge in [0, 0.05) is 24.2 Å². The molecule has 1 fully saturated rings. The average Bonchev–Trinajstić information content (AvgIpc) is 2.74. The topological polar surface area (TPSA) is 132 Å². The quantitative estimate of drug-likeness (QED) is 0.543. The fourth-order valence-electron chi connectivity index (χ4n) is 1.78. The normalized spacial score (nSPS) is 21.4. The Bertz CT molecular complexity index is 406. The molecule has 0 spiro atoms. The smallest absolute Gasteiger partial charge is 0.335 e. The molecule has 104 valence electrons. The molecule has 0 unspecified atom stereocenters. The fraction of sp³-hybridized carbons (Fsp3) is 0.417. The molecule has 0 aliphatic heterocycles. The zero-order chi connectivity index (χ0) is 14.4. The highest BCUT2D eigenvalue weighted by molar-refractivity contribution is 5.87.